The van der Waals surface area contributed by atoms with E-state index in [0.717, 1.165) is 44.7 Å². The van der Waals surface area contributed by atoms with Crippen LogP contribution in [-0.4, -0.2) is 14.1 Å². The van der Waals surface area contributed by atoms with Crippen LogP contribution in [0.5, 0.6) is 0 Å². The molecule has 0 aliphatic carbocycles. The quantitative estimate of drug-likeness (QED) is 0.169. The van der Waals surface area contributed by atoms with E-state index < -0.39 is 11.7 Å². The Morgan fingerprint density at radius 3 is 1.47 bits per heavy atom. The number of nitriles is 5. The number of alkyl halides is 3. The lowest BCUT2D eigenvalue weighted by Gasteiger charge is -2.18. The van der Waals surface area contributed by atoms with Crippen molar-refractivity contribution in [2.45, 2.75) is 6.18 Å². The molecule has 0 aliphatic heterocycles. The van der Waals surface area contributed by atoms with Crippen LogP contribution in [0.15, 0.2) is 152 Å². The molecule has 0 atom stereocenters. The predicted molar refractivity (Wildman–Crippen MR) is 238 cm³/mol. The van der Waals surface area contributed by atoms with Crippen molar-refractivity contribution in [1.82, 2.24) is 14.1 Å². The highest BCUT2D eigenvalue weighted by Gasteiger charge is 2.32. The third-order valence-corrected chi connectivity index (χ3v) is 11.5. The largest absolute Gasteiger partial charge is 0.416 e. The van der Waals surface area contributed by atoms with Crippen molar-refractivity contribution in [2.24, 2.45) is 0 Å². The van der Waals surface area contributed by atoms with E-state index >= 15 is 0 Å². The van der Waals surface area contributed by atoms with Gasteiger partial charge in [0, 0.05) is 27.1 Å². The molecule has 3 aromatic heterocycles. The second kappa shape index (κ2) is 14.9. The first-order chi connectivity index (χ1) is 31.1. The van der Waals surface area contributed by atoms with Crippen LogP contribution in [0, 0.1) is 56.7 Å². The van der Waals surface area contributed by atoms with E-state index in [1.165, 1.54) is 18.2 Å². The summed E-state index contributed by atoms with van der Waals surface area (Å²) in [5, 5.41) is 52.7. The summed E-state index contributed by atoms with van der Waals surface area (Å²) in [6, 6.07) is 52.2. The van der Waals surface area contributed by atoms with Crippen molar-refractivity contribution in [2.75, 3.05) is 0 Å². The van der Waals surface area contributed by atoms with E-state index in [2.05, 4.69) is 24.3 Å². The minimum Gasteiger partial charge on any atom is -0.307 e. The van der Waals surface area contributed by atoms with E-state index in [4.69, 9.17) is 4.98 Å². The third kappa shape index (κ3) is 6.24. The number of fused-ring (bicyclic) bond motifs is 6. The van der Waals surface area contributed by atoms with Gasteiger partial charge in [0.2, 0.25) is 0 Å². The predicted octanol–water partition coefficient (Wildman–Crippen LogP) is 12.7. The smallest absolute Gasteiger partial charge is 0.307 e. The van der Waals surface area contributed by atoms with Gasteiger partial charge in [-0.25, -0.2) is 4.98 Å². The Morgan fingerprint density at radius 2 is 0.938 bits per heavy atom. The summed E-state index contributed by atoms with van der Waals surface area (Å²) < 4.78 is 47.7. The van der Waals surface area contributed by atoms with Gasteiger partial charge >= 0.3 is 6.18 Å². The van der Waals surface area contributed by atoms with Gasteiger partial charge in [0.25, 0.3) is 0 Å². The second-order valence-electron chi connectivity index (χ2n) is 15.1. The molecule has 7 aromatic carbocycles. The fraction of sp³-hybridized carbons (Fsp3) is 0.0189. The van der Waals surface area contributed by atoms with Gasteiger partial charge in [0.05, 0.1) is 97.7 Å². The minimum atomic E-state index is -4.77. The lowest BCUT2D eigenvalue weighted by Crippen LogP contribution is -2.07. The van der Waals surface area contributed by atoms with Gasteiger partial charge in [-0.15, -0.1) is 0 Å². The number of hydrogen-bond donors (Lipinski definition) is 0. The molecule has 10 rings (SSSR count). The number of aromatic nitrogens is 3. The van der Waals surface area contributed by atoms with Gasteiger partial charge in [-0.2, -0.15) is 39.5 Å². The Balaban J connectivity index is 1.29. The van der Waals surface area contributed by atoms with Crippen LogP contribution in [0.25, 0.3) is 88.5 Å². The standard InChI is InChI=1S/C53H25F3N8/c54-53(55,56)39-20-33(27-59)19-36(21-39)46-24-52(64-48-8-4-2-6-43(48)45-16-12-35(23-50(45)64)41-14-10-32(26-58)18-38(41)29-61)62-30-51(46)63-47-7-3-1-5-42(47)44-15-11-34(22-49(44)63)40-13-9-31(25-57)17-37(40)28-60/h1-24,30H. The lowest BCUT2D eigenvalue weighted by atomic mass is 9.97. The first kappa shape index (κ1) is 38.7. The average Bonchev–Trinajstić information content (AvgIpc) is 3.84. The number of pyridine rings is 1. The summed E-state index contributed by atoms with van der Waals surface area (Å²) in [4.78, 5) is 5.07. The van der Waals surface area contributed by atoms with Crippen LogP contribution in [0.4, 0.5) is 13.2 Å². The van der Waals surface area contributed by atoms with Crippen molar-refractivity contribution in [3.05, 3.63) is 185 Å². The lowest BCUT2D eigenvalue weighted by molar-refractivity contribution is -0.137. The number of hydrogen-bond acceptors (Lipinski definition) is 6. The van der Waals surface area contributed by atoms with Gasteiger partial charge in [-0.1, -0.05) is 72.8 Å². The molecule has 0 N–H and O–H groups in total. The fourth-order valence-corrected chi connectivity index (χ4v) is 8.68. The van der Waals surface area contributed by atoms with Crippen LogP contribution in [0.3, 0.4) is 0 Å². The molecule has 10 aromatic rings. The van der Waals surface area contributed by atoms with Crippen LogP contribution in [0.2, 0.25) is 0 Å². The van der Waals surface area contributed by atoms with E-state index in [0.29, 0.717) is 72.6 Å². The van der Waals surface area contributed by atoms with Gasteiger partial charge in [0.1, 0.15) is 5.82 Å². The zero-order chi connectivity index (χ0) is 44.3. The molecule has 0 saturated heterocycles. The maximum Gasteiger partial charge on any atom is 0.416 e. The second-order valence-corrected chi connectivity index (χ2v) is 15.1. The van der Waals surface area contributed by atoms with Gasteiger partial charge in [-0.3, -0.25) is 4.57 Å². The number of benzene rings is 7. The molecule has 8 nitrogen and oxygen atoms in total. The van der Waals surface area contributed by atoms with E-state index in [1.54, 1.807) is 36.5 Å². The monoisotopic (exact) mass is 830 g/mol. The molecular formula is C53H25F3N8. The number of nitrogens with zero attached hydrogens (tertiary/aromatic N) is 8. The molecular weight excluding hydrogens is 806 g/mol. The summed E-state index contributed by atoms with van der Waals surface area (Å²) in [7, 11) is 0. The first-order valence-corrected chi connectivity index (χ1v) is 19.7. The van der Waals surface area contributed by atoms with Crippen molar-refractivity contribution >= 4 is 43.6 Å². The summed E-state index contributed by atoms with van der Waals surface area (Å²) in [5.74, 6) is 0.371. The molecule has 298 valence electrons. The SMILES string of the molecule is N#Cc1cc(-c2cc(-n3c4ccccc4c4ccc(-c5ccc(C#N)cc5C#N)cc43)ncc2-n2c3ccccc3c3ccc(-c4ccc(C#N)cc4C#N)cc32)cc(C(F)(F)F)c1. The average molecular weight is 831 g/mol. The highest BCUT2D eigenvalue weighted by atomic mass is 19.4. The van der Waals surface area contributed by atoms with Crippen molar-refractivity contribution in [1.29, 1.82) is 26.3 Å². The minimum absolute atomic E-state index is 0.128. The molecule has 0 radical (unpaired) electrons. The normalized spacial score (nSPS) is 11.3. The molecule has 0 amide bonds. The number of para-hydroxylation sites is 2. The van der Waals surface area contributed by atoms with Crippen LogP contribution in [-0.2, 0) is 6.18 Å². The Morgan fingerprint density at radius 1 is 0.422 bits per heavy atom. The zero-order valence-corrected chi connectivity index (χ0v) is 33.1. The first-order valence-electron chi connectivity index (χ1n) is 19.7. The molecule has 0 aliphatic rings. The van der Waals surface area contributed by atoms with E-state index in [1.807, 2.05) is 100 Å². The molecule has 0 fully saturated rings. The summed E-state index contributed by atoms with van der Waals surface area (Å²) >= 11 is 0. The van der Waals surface area contributed by atoms with E-state index in [9.17, 15) is 39.5 Å². The van der Waals surface area contributed by atoms with Crippen molar-refractivity contribution in [3.63, 3.8) is 0 Å². The molecule has 0 bridgehead atoms. The van der Waals surface area contributed by atoms with Gasteiger partial charge in [0.15, 0.2) is 0 Å². The molecule has 0 unspecified atom stereocenters. The summed E-state index contributed by atoms with van der Waals surface area (Å²) in [6.45, 7) is 0. The summed E-state index contributed by atoms with van der Waals surface area (Å²) in [5.41, 5.74) is 6.51. The Bertz CT molecular complexity index is 3860. The Kier molecular flexibility index (Phi) is 9.02. The summed E-state index contributed by atoms with van der Waals surface area (Å²) in [6.07, 6.45) is -3.15. The maximum absolute atomic E-state index is 14.6. The zero-order valence-electron chi connectivity index (χ0n) is 33.1. The van der Waals surface area contributed by atoms with Crippen LogP contribution >= 0.6 is 0 Å². The van der Waals surface area contributed by atoms with Crippen molar-refractivity contribution < 1.29 is 13.2 Å². The molecule has 3 heterocycles. The maximum atomic E-state index is 14.6. The molecule has 0 saturated carbocycles. The highest BCUT2D eigenvalue weighted by Crippen LogP contribution is 2.42. The van der Waals surface area contributed by atoms with Gasteiger partial charge in [-0.05, 0) is 101 Å². The van der Waals surface area contributed by atoms with Crippen LogP contribution in [0.1, 0.15) is 33.4 Å². The van der Waals surface area contributed by atoms with Crippen LogP contribution < -0.4 is 0 Å². The highest BCUT2D eigenvalue weighted by molar-refractivity contribution is 6.12. The van der Waals surface area contributed by atoms with Crippen molar-refractivity contribution in [3.8, 4) is 75.2 Å². The molecule has 11 heteroatoms. The number of rotatable bonds is 5. The molecule has 0 spiro atoms. The number of halogens is 3. The Labute approximate surface area is 362 Å². The van der Waals surface area contributed by atoms with E-state index in [-0.39, 0.29) is 11.1 Å². The Hall–Kier alpha value is -9.47. The molecule has 64 heavy (non-hydrogen) atoms. The third-order valence-electron chi connectivity index (χ3n) is 11.5. The van der Waals surface area contributed by atoms with Gasteiger partial charge < -0.3 is 4.57 Å². The fourth-order valence-electron chi connectivity index (χ4n) is 8.68. The topological polar surface area (TPSA) is 142 Å².